The van der Waals surface area contributed by atoms with Crippen molar-refractivity contribution in [3.05, 3.63) is 29.3 Å². The number of aromatic nitrogens is 5. The van der Waals surface area contributed by atoms with Crippen LogP contribution in [0.1, 0.15) is 43.3 Å². The number of hydrogen-bond acceptors (Lipinski definition) is 5. The van der Waals surface area contributed by atoms with Crippen molar-refractivity contribution < 1.29 is 4.74 Å². The maximum atomic E-state index is 5.93. The quantitative estimate of drug-likeness (QED) is 0.841. The van der Waals surface area contributed by atoms with Crippen LogP contribution in [-0.2, 0) is 24.4 Å². The summed E-state index contributed by atoms with van der Waals surface area (Å²) < 4.78 is 7.88. The van der Waals surface area contributed by atoms with Crippen LogP contribution < -0.4 is 5.32 Å². The molecule has 0 aliphatic carbocycles. The van der Waals surface area contributed by atoms with Crippen LogP contribution in [0.4, 0.5) is 0 Å². The van der Waals surface area contributed by atoms with E-state index in [9.17, 15) is 0 Å². The molecule has 1 aliphatic heterocycles. The summed E-state index contributed by atoms with van der Waals surface area (Å²) >= 11 is 0. The molecule has 7 heteroatoms. The van der Waals surface area contributed by atoms with Crippen LogP contribution in [0, 0.1) is 12.8 Å². The SMILES string of the molecule is CCn1cc([C@H]2OCC[C@@H]2CNCc2nn(CC)nc2C)cn1. The zero-order chi connectivity index (χ0) is 16.2. The fraction of sp³-hybridized carbons (Fsp3) is 0.688. The normalized spacial score (nSPS) is 21.2. The first-order chi connectivity index (χ1) is 11.2. The van der Waals surface area contributed by atoms with Crippen molar-refractivity contribution in [3.8, 4) is 0 Å². The molecule has 2 aromatic heterocycles. The van der Waals surface area contributed by atoms with Crippen molar-refractivity contribution >= 4 is 0 Å². The second-order valence-electron chi connectivity index (χ2n) is 6.02. The Morgan fingerprint density at radius 3 is 2.87 bits per heavy atom. The smallest absolute Gasteiger partial charge is 0.0994 e. The van der Waals surface area contributed by atoms with E-state index in [1.807, 2.05) is 24.7 Å². The molecule has 0 amide bonds. The maximum Gasteiger partial charge on any atom is 0.0994 e. The molecule has 0 saturated carbocycles. The lowest BCUT2D eigenvalue weighted by Gasteiger charge is -2.17. The number of nitrogens with zero attached hydrogens (tertiary/aromatic N) is 5. The molecule has 0 aromatic carbocycles. The zero-order valence-electron chi connectivity index (χ0n) is 14.2. The molecule has 0 unspecified atom stereocenters. The van der Waals surface area contributed by atoms with Gasteiger partial charge in [0.05, 0.1) is 30.2 Å². The average molecular weight is 318 g/mol. The number of ether oxygens (including phenoxy) is 1. The van der Waals surface area contributed by atoms with Crippen LogP contribution in [0.3, 0.4) is 0 Å². The van der Waals surface area contributed by atoms with Crippen molar-refractivity contribution in [2.75, 3.05) is 13.2 Å². The third-order valence-corrected chi connectivity index (χ3v) is 4.42. The fourth-order valence-corrected chi connectivity index (χ4v) is 3.06. The molecule has 0 bridgehead atoms. The van der Waals surface area contributed by atoms with E-state index in [2.05, 4.69) is 33.7 Å². The molecule has 1 fully saturated rings. The summed E-state index contributed by atoms with van der Waals surface area (Å²) in [5.74, 6) is 0.478. The van der Waals surface area contributed by atoms with Crippen molar-refractivity contribution in [2.45, 2.75) is 52.9 Å². The first-order valence-corrected chi connectivity index (χ1v) is 8.46. The van der Waals surface area contributed by atoms with Gasteiger partial charge >= 0.3 is 0 Å². The molecular formula is C16H26N6O. The minimum atomic E-state index is 0.148. The molecule has 1 saturated heterocycles. The van der Waals surface area contributed by atoms with Gasteiger partial charge in [-0.1, -0.05) is 0 Å². The van der Waals surface area contributed by atoms with E-state index < -0.39 is 0 Å². The van der Waals surface area contributed by atoms with E-state index >= 15 is 0 Å². The lowest BCUT2D eigenvalue weighted by atomic mass is 9.97. The predicted molar refractivity (Wildman–Crippen MR) is 86.8 cm³/mol. The number of rotatable bonds is 7. The predicted octanol–water partition coefficient (Wildman–Crippen LogP) is 1.69. The van der Waals surface area contributed by atoms with E-state index in [0.717, 1.165) is 50.6 Å². The lowest BCUT2D eigenvalue weighted by Crippen LogP contribution is -2.25. The van der Waals surface area contributed by atoms with Crippen LogP contribution in [-0.4, -0.2) is 37.9 Å². The van der Waals surface area contributed by atoms with Crippen LogP contribution >= 0.6 is 0 Å². The third-order valence-electron chi connectivity index (χ3n) is 4.42. The van der Waals surface area contributed by atoms with Gasteiger partial charge in [0.2, 0.25) is 0 Å². The van der Waals surface area contributed by atoms with Crippen LogP contribution in [0.25, 0.3) is 0 Å². The molecular weight excluding hydrogens is 292 g/mol. The van der Waals surface area contributed by atoms with Gasteiger partial charge in [-0.25, -0.2) is 0 Å². The summed E-state index contributed by atoms with van der Waals surface area (Å²) in [5.41, 5.74) is 3.22. The lowest BCUT2D eigenvalue weighted by molar-refractivity contribution is 0.0903. The van der Waals surface area contributed by atoms with Gasteiger partial charge in [0.25, 0.3) is 0 Å². The Balaban J connectivity index is 1.55. The van der Waals surface area contributed by atoms with Crippen molar-refractivity contribution in [3.63, 3.8) is 0 Å². The highest BCUT2D eigenvalue weighted by atomic mass is 16.5. The van der Waals surface area contributed by atoms with Gasteiger partial charge in [0.15, 0.2) is 0 Å². The largest absolute Gasteiger partial charge is 0.373 e. The molecule has 7 nitrogen and oxygen atoms in total. The summed E-state index contributed by atoms with van der Waals surface area (Å²) in [6, 6.07) is 0. The second kappa shape index (κ2) is 7.23. The molecule has 3 rings (SSSR count). The molecule has 0 spiro atoms. The third kappa shape index (κ3) is 3.61. The average Bonchev–Trinajstić information content (AvgIpc) is 3.27. The summed E-state index contributed by atoms with van der Waals surface area (Å²) in [7, 11) is 0. The van der Waals surface area contributed by atoms with Gasteiger partial charge in [0.1, 0.15) is 0 Å². The van der Waals surface area contributed by atoms with Crippen LogP contribution in [0.15, 0.2) is 12.4 Å². The maximum absolute atomic E-state index is 5.93. The standard InChI is InChI=1S/C16H26N6O/c1-4-21-11-14(9-18-21)16-13(6-7-23-16)8-17-10-15-12(3)19-22(5-2)20-15/h9,11,13,16-17H,4-8,10H2,1-3H3/t13-,16+/m1/s1. The molecule has 1 aliphatic rings. The molecule has 0 radical (unpaired) electrons. The molecule has 3 heterocycles. The first-order valence-electron chi connectivity index (χ1n) is 8.46. The van der Waals surface area contributed by atoms with Gasteiger partial charge in [-0.05, 0) is 27.2 Å². The van der Waals surface area contributed by atoms with E-state index in [4.69, 9.17) is 4.74 Å². The Morgan fingerprint density at radius 1 is 1.30 bits per heavy atom. The van der Waals surface area contributed by atoms with Crippen LogP contribution in [0.5, 0.6) is 0 Å². The van der Waals surface area contributed by atoms with Crippen LogP contribution in [0.2, 0.25) is 0 Å². The zero-order valence-corrected chi connectivity index (χ0v) is 14.2. The van der Waals surface area contributed by atoms with Gasteiger partial charge in [-0.2, -0.15) is 20.1 Å². The summed E-state index contributed by atoms with van der Waals surface area (Å²) in [5, 5.41) is 16.7. The topological polar surface area (TPSA) is 69.8 Å². The van der Waals surface area contributed by atoms with E-state index in [0.29, 0.717) is 5.92 Å². The summed E-state index contributed by atoms with van der Waals surface area (Å²) in [6.07, 6.45) is 5.26. The Morgan fingerprint density at radius 2 is 2.17 bits per heavy atom. The summed E-state index contributed by atoms with van der Waals surface area (Å²) in [4.78, 5) is 1.74. The molecule has 2 aromatic rings. The van der Waals surface area contributed by atoms with Crippen molar-refractivity contribution in [1.29, 1.82) is 0 Å². The highest BCUT2D eigenvalue weighted by Crippen LogP contribution is 2.33. The molecule has 2 atom stereocenters. The van der Waals surface area contributed by atoms with Gasteiger partial charge in [0, 0.05) is 43.9 Å². The highest BCUT2D eigenvalue weighted by Gasteiger charge is 2.30. The monoisotopic (exact) mass is 318 g/mol. The Bertz CT molecular complexity index is 634. The number of aryl methyl sites for hydroxylation is 3. The van der Waals surface area contributed by atoms with E-state index in [1.54, 1.807) is 4.80 Å². The van der Waals surface area contributed by atoms with Gasteiger partial charge in [-0.15, -0.1) is 0 Å². The Hall–Kier alpha value is -1.73. The number of hydrogen-bond donors (Lipinski definition) is 1. The van der Waals surface area contributed by atoms with Crippen molar-refractivity contribution in [1.82, 2.24) is 30.1 Å². The first kappa shape index (κ1) is 16.1. The van der Waals surface area contributed by atoms with Gasteiger partial charge < -0.3 is 10.1 Å². The second-order valence-corrected chi connectivity index (χ2v) is 6.02. The minimum Gasteiger partial charge on any atom is -0.373 e. The van der Waals surface area contributed by atoms with Gasteiger partial charge in [-0.3, -0.25) is 4.68 Å². The molecule has 1 N–H and O–H groups in total. The highest BCUT2D eigenvalue weighted by molar-refractivity contribution is 5.11. The van der Waals surface area contributed by atoms with E-state index in [-0.39, 0.29) is 6.10 Å². The Labute approximate surface area is 137 Å². The molecule has 126 valence electrons. The minimum absolute atomic E-state index is 0.148. The van der Waals surface area contributed by atoms with E-state index in [1.165, 1.54) is 5.56 Å². The molecule has 23 heavy (non-hydrogen) atoms. The Kier molecular flexibility index (Phi) is 5.07. The fourth-order valence-electron chi connectivity index (χ4n) is 3.06. The number of nitrogens with one attached hydrogen (secondary N) is 1. The summed E-state index contributed by atoms with van der Waals surface area (Å²) in [6.45, 7) is 10.3. The van der Waals surface area contributed by atoms with Crippen molar-refractivity contribution in [2.24, 2.45) is 5.92 Å².